The second kappa shape index (κ2) is 6.98. The molecule has 1 amide bonds. The lowest BCUT2D eigenvalue weighted by Gasteiger charge is -2.34. The SMILES string of the molecule is COc1ccccc1CC(=O)N1CC2C(=O)C=CC(C)(C)C2C1.Cl. The molecule has 24 heavy (non-hydrogen) atoms. The van der Waals surface area contributed by atoms with Crippen molar-refractivity contribution in [3.8, 4) is 5.75 Å². The first-order valence-corrected chi connectivity index (χ1v) is 8.05. The Morgan fingerprint density at radius 2 is 2.00 bits per heavy atom. The maximum absolute atomic E-state index is 12.7. The molecule has 1 aromatic carbocycles. The number of nitrogens with zero attached hydrogens (tertiary/aromatic N) is 1. The van der Waals surface area contributed by atoms with Crippen LogP contribution in [0.1, 0.15) is 19.4 Å². The molecule has 0 radical (unpaired) electrons. The molecule has 0 bridgehead atoms. The van der Waals surface area contributed by atoms with Crippen molar-refractivity contribution in [2.75, 3.05) is 20.2 Å². The average Bonchev–Trinajstić information content (AvgIpc) is 2.99. The zero-order valence-corrected chi connectivity index (χ0v) is 15.1. The molecule has 0 saturated carbocycles. The summed E-state index contributed by atoms with van der Waals surface area (Å²) in [5.74, 6) is 1.10. The van der Waals surface area contributed by atoms with E-state index in [1.54, 1.807) is 13.2 Å². The van der Waals surface area contributed by atoms with Crippen molar-refractivity contribution in [3.63, 3.8) is 0 Å². The normalized spacial score (nSPS) is 24.3. The molecule has 5 heteroatoms. The van der Waals surface area contributed by atoms with E-state index in [0.717, 1.165) is 11.3 Å². The summed E-state index contributed by atoms with van der Waals surface area (Å²) < 4.78 is 5.32. The molecule has 1 heterocycles. The number of benzene rings is 1. The molecular formula is C19H24ClNO3. The van der Waals surface area contributed by atoms with Crippen molar-refractivity contribution in [1.29, 1.82) is 0 Å². The molecule has 2 atom stereocenters. The van der Waals surface area contributed by atoms with Gasteiger partial charge in [-0.25, -0.2) is 0 Å². The molecule has 0 N–H and O–H groups in total. The molecule has 4 nitrogen and oxygen atoms in total. The van der Waals surface area contributed by atoms with E-state index in [-0.39, 0.29) is 41.3 Å². The van der Waals surface area contributed by atoms with E-state index >= 15 is 0 Å². The highest BCUT2D eigenvalue weighted by Gasteiger charge is 2.47. The summed E-state index contributed by atoms with van der Waals surface area (Å²) in [5.41, 5.74) is 0.844. The molecule has 1 aliphatic carbocycles. The van der Waals surface area contributed by atoms with Crippen molar-refractivity contribution in [2.24, 2.45) is 17.3 Å². The summed E-state index contributed by atoms with van der Waals surface area (Å²) in [6.45, 7) is 5.47. The number of carbonyl (C=O) groups is 2. The van der Waals surface area contributed by atoms with Crippen LogP contribution in [0, 0.1) is 17.3 Å². The van der Waals surface area contributed by atoms with Gasteiger partial charge in [-0.1, -0.05) is 38.1 Å². The van der Waals surface area contributed by atoms with Crippen LogP contribution in [0.4, 0.5) is 0 Å². The molecular weight excluding hydrogens is 326 g/mol. The fraction of sp³-hybridized carbons (Fsp3) is 0.474. The summed E-state index contributed by atoms with van der Waals surface area (Å²) in [4.78, 5) is 26.7. The molecule has 1 aliphatic heterocycles. The monoisotopic (exact) mass is 349 g/mol. The second-order valence-electron chi connectivity index (χ2n) is 7.06. The highest BCUT2D eigenvalue weighted by atomic mass is 35.5. The Morgan fingerprint density at radius 3 is 2.67 bits per heavy atom. The molecule has 2 aliphatic rings. The smallest absolute Gasteiger partial charge is 0.227 e. The third-order valence-corrected chi connectivity index (χ3v) is 5.21. The van der Waals surface area contributed by atoms with Gasteiger partial charge in [0.2, 0.25) is 5.91 Å². The molecule has 0 spiro atoms. The van der Waals surface area contributed by atoms with Gasteiger partial charge in [-0.3, -0.25) is 9.59 Å². The molecule has 3 rings (SSSR count). The van der Waals surface area contributed by atoms with Crippen LogP contribution in [0.15, 0.2) is 36.4 Å². The third-order valence-electron chi connectivity index (χ3n) is 5.21. The van der Waals surface area contributed by atoms with Crippen LogP contribution in [0.2, 0.25) is 0 Å². The molecule has 1 saturated heterocycles. The Hall–Kier alpha value is -1.81. The number of rotatable bonds is 3. The van der Waals surface area contributed by atoms with Gasteiger partial charge in [0.25, 0.3) is 0 Å². The standard InChI is InChI=1S/C19H23NO3.ClH/c1-19(2)9-8-16(21)14-11-20(12-15(14)19)18(22)10-13-6-4-5-7-17(13)23-3;/h4-9,14-15H,10-12H2,1-3H3;1H. The predicted octanol–water partition coefficient (Wildman–Crippen LogP) is 2.90. The maximum atomic E-state index is 12.7. The van der Waals surface area contributed by atoms with E-state index in [9.17, 15) is 9.59 Å². The fourth-order valence-corrected chi connectivity index (χ4v) is 3.72. The van der Waals surface area contributed by atoms with Crippen molar-refractivity contribution < 1.29 is 14.3 Å². The lowest BCUT2D eigenvalue weighted by molar-refractivity contribution is -0.129. The number of allylic oxidation sites excluding steroid dienone is 2. The fourth-order valence-electron chi connectivity index (χ4n) is 3.72. The first-order chi connectivity index (χ1) is 10.9. The summed E-state index contributed by atoms with van der Waals surface area (Å²) in [7, 11) is 1.61. The lowest BCUT2D eigenvalue weighted by Crippen LogP contribution is -2.36. The zero-order valence-electron chi connectivity index (χ0n) is 14.3. The molecule has 1 aromatic rings. The number of halogens is 1. The number of fused-ring (bicyclic) bond motifs is 1. The number of hydrogen-bond donors (Lipinski definition) is 0. The van der Waals surface area contributed by atoms with Crippen LogP contribution >= 0.6 is 12.4 Å². The van der Waals surface area contributed by atoms with Crippen molar-refractivity contribution >= 4 is 24.1 Å². The van der Waals surface area contributed by atoms with Gasteiger partial charge in [-0.05, 0) is 23.5 Å². The van der Waals surface area contributed by atoms with Crippen molar-refractivity contribution in [3.05, 3.63) is 42.0 Å². The van der Waals surface area contributed by atoms with Crippen LogP contribution in [-0.4, -0.2) is 36.8 Å². The van der Waals surface area contributed by atoms with Gasteiger partial charge in [0.15, 0.2) is 5.78 Å². The van der Waals surface area contributed by atoms with Crippen LogP contribution < -0.4 is 4.74 Å². The summed E-state index contributed by atoms with van der Waals surface area (Å²) in [6.07, 6.45) is 3.99. The Balaban J connectivity index is 0.00000208. The Kier molecular flexibility index (Phi) is 5.38. The summed E-state index contributed by atoms with van der Waals surface area (Å²) in [5, 5.41) is 0. The third kappa shape index (κ3) is 3.34. The first-order valence-electron chi connectivity index (χ1n) is 8.05. The molecule has 1 fully saturated rings. The predicted molar refractivity (Wildman–Crippen MR) is 95.4 cm³/mol. The minimum absolute atomic E-state index is 0. The number of ether oxygens (including phenoxy) is 1. The number of carbonyl (C=O) groups excluding carboxylic acids is 2. The van der Waals surface area contributed by atoms with E-state index in [4.69, 9.17) is 4.74 Å². The Labute approximate surface area is 149 Å². The van der Waals surface area contributed by atoms with Gasteiger partial charge in [-0.15, -0.1) is 12.4 Å². The number of para-hydroxylation sites is 1. The van der Waals surface area contributed by atoms with Gasteiger partial charge in [-0.2, -0.15) is 0 Å². The lowest BCUT2D eigenvalue weighted by atomic mass is 9.68. The second-order valence-corrected chi connectivity index (χ2v) is 7.06. The Bertz CT molecular complexity index is 668. The van der Waals surface area contributed by atoms with Crippen molar-refractivity contribution in [1.82, 2.24) is 4.90 Å². The Morgan fingerprint density at radius 1 is 1.29 bits per heavy atom. The zero-order chi connectivity index (χ0) is 16.6. The first kappa shape index (κ1) is 18.5. The van der Waals surface area contributed by atoms with E-state index in [0.29, 0.717) is 19.5 Å². The van der Waals surface area contributed by atoms with Gasteiger partial charge in [0.05, 0.1) is 13.5 Å². The highest BCUT2D eigenvalue weighted by molar-refractivity contribution is 5.94. The van der Waals surface area contributed by atoms with Gasteiger partial charge in [0.1, 0.15) is 5.75 Å². The van der Waals surface area contributed by atoms with Gasteiger partial charge < -0.3 is 9.64 Å². The minimum atomic E-state index is -0.0587. The molecule has 130 valence electrons. The van der Waals surface area contributed by atoms with Gasteiger partial charge >= 0.3 is 0 Å². The highest BCUT2D eigenvalue weighted by Crippen LogP contribution is 2.43. The van der Waals surface area contributed by atoms with E-state index in [2.05, 4.69) is 13.8 Å². The van der Waals surface area contributed by atoms with Crippen LogP contribution in [0.5, 0.6) is 5.75 Å². The number of hydrogen-bond acceptors (Lipinski definition) is 3. The number of methoxy groups -OCH3 is 1. The number of amides is 1. The topological polar surface area (TPSA) is 46.6 Å². The van der Waals surface area contributed by atoms with Crippen LogP contribution in [0.25, 0.3) is 0 Å². The maximum Gasteiger partial charge on any atom is 0.227 e. The summed E-state index contributed by atoms with van der Waals surface area (Å²) >= 11 is 0. The van der Waals surface area contributed by atoms with Gasteiger partial charge in [0, 0.05) is 24.6 Å². The molecule has 0 aromatic heterocycles. The van der Waals surface area contributed by atoms with E-state index in [1.807, 2.05) is 35.2 Å². The number of likely N-dealkylation sites (tertiary alicyclic amines) is 1. The van der Waals surface area contributed by atoms with E-state index < -0.39 is 0 Å². The largest absolute Gasteiger partial charge is 0.496 e. The van der Waals surface area contributed by atoms with E-state index in [1.165, 1.54) is 0 Å². The quantitative estimate of drug-likeness (QED) is 0.843. The summed E-state index contributed by atoms with van der Waals surface area (Å²) in [6, 6.07) is 7.58. The van der Waals surface area contributed by atoms with Crippen molar-refractivity contribution in [2.45, 2.75) is 20.3 Å². The average molecular weight is 350 g/mol. The number of ketones is 1. The van der Waals surface area contributed by atoms with Crippen LogP contribution in [0.3, 0.4) is 0 Å². The van der Waals surface area contributed by atoms with Crippen LogP contribution in [-0.2, 0) is 16.0 Å². The molecule has 2 unspecified atom stereocenters. The minimum Gasteiger partial charge on any atom is -0.496 e.